The van der Waals surface area contributed by atoms with Crippen LogP contribution in [0.4, 0.5) is 0 Å². The fourth-order valence-corrected chi connectivity index (χ4v) is 3.64. The third-order valence-corrected chi connectivity index (χ3v) is 4.58. The number of aryl methyl sites for hydroxylation is 1. The van der Waals surface area contributed by atoms with Crippen molar-refractivity contribution in [1.82, 2.24) is 9.88 Å². The van der Waals surface area contributed by atoms with Crippen LogP contribution in [0, 0.1) is 5.92 Å². The van der Waals surface area contributed by atoms with Gasteiger partial charge in [-0.15, -0.1) is 36.2 Å². The summed E-state index contributed by atoms with van der Waals surface area (Å²) in [5, 5.41) is 3.53. The standard InChI is InChI=1S/C14H25N3S.2ClH/c1-2-4-14-16-13(11-18-14)10-17-8-3-5-12(9-17)6-7-15;;/h11-12H,2-10,15H2,1H3;2*1H. The third-order valence-electron chi connectivity index (χ3n) is 3.63. The van der Waals surface area contributed by atoms with Crippen molar-refractivity contribution >= 4 is 36.2 Å². The van der Waals surface area contributed by atoms with Crippen molar-refractivity contribution in [2.24, 2.45) is 11.7 Å². The minimum atomic E-state index is 0. The molecule has 0 spiro atoms. The van der Waals surface area contributed by atoms with Gasteiger partial charge in [-0.1, -0.05) is 6.92 Å². The van der Waals surface area contributed by atoms with E-state index in [0.717, 1.165) is 25.4 Å². The Hall–Kier alpha value is 0.130. The maximum atomic E-state index is 5.66. The zero-order valence-electron chi connectivity index (χ0n) is 12.2. The lowest BCUT2D eigenvalue weighted by molar-refractivity contribution is 0.161. The van der Waals surface area contributed by atoms with Crippen molar-refractivity contribution < 1.29 is 0 Å². The van der Waals surface area contributed by atoms with Crippen molar-refractivity contribution in [3.05, 3.63) is 16.1 Å². The van der Waals surface area contributed by atoms with Crippen molar-refractivity contribution in [1.29, 1.82) is 0 Å². The maximum absolute atomic E-state index is 5.66. The molecule has 1 atom stereocenters. The van der Waals surface area contributed by atoms with Crippen LogP contribution < -0.4 is 5.73 Å². The molecular weight excluding hydrogens is 313 g/mol. The van der Waals surface area contributed by atoms with Gasteiger partial charge in [0.2, 0.25) is 0 Å². The molecule has 6 heteroatoms. The summed E-state index contributed by atoms with van der Waals surface area (Å²) in [5.41, 5.74) is 6.93. The van der Waals surface area contributed by atoms with Crippen LogP contribution in [0.25, 0.3) is 0 Å². The van der Waals surface area contributed by atoms with Gasteiger partial charge < -0.3 is 5.73 Å². The van der Waals surface area contributed by atoms with Gasteiger partial charge in [-0.3, -0.25) is 4.90 Å². The number of thiazole rings is 1. The second-order valence-corrected chi connectivity index (χ2v) is 6.25. The molecule has 1 saturated heterocycles. The summed E-state index contributed by atoms with van der Waals surface area (Å²) in [7, 11) is 0. The summed E-state index contributed by atoms with van der Waals surface area (Å²) in [6, 6.07) is 0. The Morgan fingerprint density at radius 2 is 2.25 bits per heavy atom. The van der Waals surface area contributed by atoms with E-state index < -0.39 is 0 Å². The molecule has 0 saturated carbocycles. The zero-order valence-corrected chi connectivity index (χ0v) is 14.7. The largest absolute Gasteiger partial charge is 0.330 e. The van der Waals surface area contributed by atoms with E-state index in [4.69, 9.17) is 10.7 Å². The number of nitrogens with two attached hydrogens (primary N) is 1. The molecular formula is C14H27Cl2N3S. The Bertz CT molecular complexity index is 358. The van der Waals surface area contributed by atoms with Crippen LogP contribution in [-0.4, -0.2) is 29.5 Å². The summed E-state index contributed by atoms with van der Waals surface area (Å²) < 4.78 is 0. The van der Waals surface area contributed by atoms with Crippen molar-refractivity contribution in [3.63, 3.8) is 0 Å². The average molecular weight is 340 g/mol. The van der Waals surface area contributed by atoms with Gasteiger partial charge in [0.1, 0.15) is 0 Å². The number of likely N-dealkylation sites (tertiary alicyclic amines) is 1. The van der Waals surface area contributed by atoms with E-state index in [1.54, 1.807) is 0 Å². The van der Waals surface area contributed by atoms with E-state index in [1.807, 2.05) is 11.3 Å². The van der Waals surface area contributed by atoms with Gasteiger partial charge in [-0.05, 0) is 51.1 Å². The van der Waals surface area contributed by atoms with Crippen LogP contribution in [0.3, 0.4) is 0 Å². The second kappa shape index (κ2) is 10.8. The highest BCUT2D eigenvalue weighted by molar-refractivity contribution is 7.09. The van der Waals surface area contributed by atoms with Crippen LogP contribution >= 0.6 is 36.2 Å². The minimum Gasteiger partial charge on any atom is -0.330 e. The first kappa shape index (κ1) is 20.1. The van der Waals surface area contributed by atoms with Crippen molar-refractivity contribution in [3.8, 4) is 0 Å². The Balaban J connectivity index is 0.00000180. The topological polar surface area (TPSA) is 42.2 Å². The van der Waals surface area contributed by atoms with Gasteiger partial charge in [0.25, 0.3) is 0 Å². The predicted octanol–water partition coefficient (Wildman–Crippen LogP) is 3.50. The monoisotopic (exact) mass is 339 g/mol. The molecule has 1 aromatic rings. The van der Waals surface area contributed by atoms with E-state index >= 15 is 0 Å². The lowest BCUT2D eigenvalue weighted by Gasteiger charge is -2.32. The molecule has 1 aromatic heterocycles. The molecule has 0 amide bonds. The van der Waals surface area contributed by atoms with E-state index in [0.29, 0.717) is 0 Å². The third kappa shape index (κ3) is 6.27. The zero-order chi connectivity index (χ0) is 12.8. The normalized spacial score (nSPS) is 19.2. The number of rotatable bonds is 6. The predicted molar refractivity (Wildman–Crippen MR) is 92.3 cm³/mol. The van der Waals surface area contributed by atoms with Gasteiger partial charge in [0.05, 0.1) is 10.7 Å². The molecule has 2 rings (SSSR count). The van der Waals surface area contributed by atoms with Gasteiger partial charge in [-0.2, -0.15) is 0 Å². The molecule has 1 aliphatic rings. The molecule has 2 N–H and O–H groups in total. The van der Waals surface area contributed by atoms with Crippen molar-refractivity contribution in [2.45, 2.75) is 45.6 Å². The fourth-order valence-electron chi connectivity index (χ4n) is 2.75. The highest BCUT2D eigenvalue weighted by Crippen LogP contribution is 2.21. The molecule has 3 nitrogen and oxygen atoms in total. The van der Waals surface area contributed by atoms with E-state index in [1.165, 1.54) is 49.5 Å². The number of hydrogen-bond acceptors (Lipinski definition) is 4. The highest BCUT2D eigenvalue weighted by Gasteiger charge is 2.19. The molecule has 1 unspecified atom stereocenters. The molecule has 0 bridgehead atoms. The number of aromatic nitrogens is 1. The first-order chi connectivity index (χ1) is 8.81. The first-order valence-corrected chi connectivity index (χ1v) is 8.05. The lowest BCUT2D eigenvalue weighted by Crippen LogP contribution is -2.35. The Labute approximate surface area is 139 Å². The van der Waals surface area contributed by atoms with Gasteiger partial charge in [0, 0.05) is 18.5 Å². The molecule has 0 radical (unpaired) electrons. The minimum absolute atomic E-state index is 0. The summed E-state index contributed by atoms with van der Waals surface area (Å²) in [6.45, 7) is 6.50. The smallest absolute Gasteiger partial charge is 0.0928 e. The van der Waals surface area contributed by atoms with Gasteiger partial charge in [0.15, 0.2) is 0 Å². The average Bonchev–Trinajstić information content (AvgIpc) is 2.78. The van der Waals surface area contributed by atoms with Gasteiger partial charge >= 0.3 is 0 Å². The number of halogens is 2. The van der Waals surface area contributed by atoms with Crippen LogP contribution in [0.15, 0.2) is 5.38 Å². The van der Waals surface area contributed by atoms with Crippen LogP contribution in [0.2, 0.25) is 0 Å². The lowest BCUT2D eigenvalue weighted by atomic mass is 9.95. The molecule has 20 heavy (non-hydrogen) atoms. The number of hydrogen-bond donors (Lipinski definition) is 1. The van der Waals surface area contributed by atoms with E-state index in [-0.39, 0.29) is 24.8 Å². The summed E-state index contributed by atoms with van der Waals surface area (Å²) >= 11 is 1.82. The first-order valence-electron chi connectivity index (χ1n) is 7.17. The molecule has 1 aliphatic heterocycles. The Morgan fingerprint density at radius 1 is 1.45 bits per heavy atom. The molecule has 1 fully saturated rings. The molecule has 0 aliphatic carbocycles. The molecule has 2 heterocycles. The summed E-state index contributed by atoms with van der Waals surface area (Å²) in [4.78, 5) is 7.27. The fraction of sp³-hybridized carbons (Fsp3) is 0.786. The number of nitrogens with zero attached hydrogens (tertiary/aromatic N) is 2. The highest BCUT2D eigenvalue weighted by atomic mass is 35.5. The van der Waals surface area contributed by atoms with E-state index in [2.05, 4.69) is 17.2 Å². The summed E-state index contributed by atoms with van der Waals surface area (Å²) in [6.07, 6.45) is 6.16. The summed E-state index contributed by atoms with van der Waals surface area (Å²) in [5.74, 6) is 0.803. The van der Waals surface area contributed by atoms with Crippen LogP contribution in [-0.2, 0) is 13.0 Å². The maximum Gasteiger partial charge on any atom is 0.0928 e. The quantitative estimate of drug-likeness (QED) is 0.862. The van der Waals surface area contributed by atoms with Crippen molar-refractivity contribution in [2.75, 3.05) is 19.6 Å². The van der Waals surface area contributed by atoms with Gasteiger partial charge in [-0.25, -0.2) is 4.98 Å². The van der Waals surface area contributed by atoms with Crippen LogP contribution in [0.5, 0.6) is 0 Å². The SMILES string of the molecule is CCCc1nc(CN2CCCC(CCN)C2)cs1.Cl.Cl. The molecule has 118 valence electrons. The Kier molecular flexibility index (Phi) is 10.9. The Morgan fingerprint density at radius 3 is 2.95 bits per heavy atom. The second-order valence-electron chi connectivity index (χ2n) is 5.30. The van der Waals surface area contributed by atoms with Crippen LogP contribution in [0.1, 0.15) is 43.3 Å². The van der Waals surface area contributed by atoms with E-state index in [9.17, 15) is 0 Å². The molecule has 0 aromatic carbocycles. The number of piperidine rings is 1.